The molecule has 3 aromatic rings. The van der Waals surface area contributed by atoms with Gasteiger partial charge in [0.25, 0.3) is 0 Å². The number of carbonyl (C=O) groups is 1. The van der Waals surface area contributed by atoms with Crippen LogP contribution in [0.15, 0.2) is 48.5 Å². The summed E-state index contributed by atoms with van der Waals surface area (Å²) in [5, 5.41) is 8.04. The van der Waals surface area contributed by atoms with Crippen LogP contribution in [0.3, 0.4) is 0 Å². The standard InChI is InChI=1S/C17H14IN3O2/c1-11-5-3-4-6-15(11)23-17(22)16-12(2)21(20-19-16)14-9-7-13(18)8-10-14/h3-10H,1-2H3. The molecule has 0 fully saturated rings. The average molecular weight is 419 g/mol. The van der Waals surface area contributed by atoms with E-state index in [4.69, 9.17) is 4.74 Å². The molecule has 0 unspecified atom stereocenters. The molecule has 0 amide bonds. The van der Waals surface area contributed by atoms with E-state index in [1.807, 2.05) is 49.4 Å². The Bertz CT molecular complexity index is 857. The minimum Gasteiger partial charge on any atom is -0.421 e. The maximum Gasteiger partial charge on any atom is 0.366 e. The lowest BCUT2D eigenvalue weighted by Crippen LogP contribution is -2.12. The first-order valence-electron chi connectivity index (χ1n) is 7.02. The lowest BCUT2D eigenvalue weighted by Gasteiger charge is -2.06. The van der Waals surface area contributed by atoms with E-state index in [2.05, 4.69) is 32.9 Å². The fraction of sp³-hybridized carbons (Fsp3) is 0.118. The zero-order valence-electron chi connectivity index (χ0n) is 12.7. The van der Waals surface area contributed by atoms with Crippen LogP contribution in [-0.4, -0.2) is 21.0 Å². The Morgan fingerprint density at radius 3 is 2.48 bits per heavy atom. The van der Waals surface area contributed by atoms with Crippen molar-refractivity contribution < 1.29 is 9.53 Å². The number of para-hydroxylation sites is 1. The van der Waals surface area contributed by atoms with Gasteiger partial charge in [0, 0.05) is 3.57 Å². The molecular formula is C17H14IN3O2. The topological polar surface area (TPSA) is 57.0 Å². The van der Waals surface area contributed by atoms with Gasteiger partial charge in [0.15, 0.2) is 5.69 Å². The number of hydrogen-bond acceptors (Lipinski definition) is 4. The van der Waals surface area contributed by atoms with E-state index in [9.17, 15) is 4.79 Å². The number of rotatable bonds is 3. The summed E-state index contributed by atoms with van der Waals surface area (Å²) in [5.74, 6) is 0.0225. The summed E-state index contributed by atoms with van der Waals surface area (Å²) in [6, 6.07) is 15.2. The van der Waals surface area contributed by atoms with E-state index in [1.165, 1.54) is 0 Å². The van der Waals surface area contributed by atoms with E-state index in [-0.39, 0.29) is 5.69 Å². The number of halogens is 1. The second-order valence-corrected chi connectivity index (χ2v) is 6.31. The van der Waals surface area contributed by atoms with E-state index in [1.54, 1.807) is 17.7 Å². The smallest absolute Gasteiger partial charge is 0.366 e. The highest BCUT2D eigenvalue weighted by molar-refractivity contribution is 14.1. The molecule has 0 bridgehead atoms. The minimum atomic E-state index is -0.506. The van der Waals surface area contributed by atoms with Crippen LogP contribution in [0, 0.1) is 17.4 Å². The van der Waals surface area contributed by atoms with Crippen molar-refractivity contribution >= 4 is 28.6 Å². The first-order valence-corrected chi connectivity index (χ1v) is 8.10. The second kappa shape index (κ2) is 6.49. The highest BCUT2D eigenvalue weighted by atomic mass is 127. The molecule has 3 rings (SSSR count). The van der Waals surface area contributed by atoms with Crippen LogP contribution in [-0.2, 0) is 0 Å². The van der Waals surface area contributed by atoms with Crippen molar-refractivity contribution in [3.05, 3.63) is 69.1 Å². The molecule has 23 heavy (non-hydrogen) atoms. The molecule has 0 N–H and O–H groups in total. The summed E-state index contributed by atoms with van der Waals surface area (Å²) in [6.45, 7) is 3.68. The molecule has 5 nitrogen and oxygen atoms in total. The summed E-state index contributed by atoms with van der Waals surface area (Å²) >= 11 is 2.24. The van der Waals surface area contributed by atoms with Gasteiger partial charge < -0.3 is 4.74 Å². The first kappa shape index (κ1) is 15.7. The van der Waals surface area contributed by atoms with Gasteiger partial charge in [0.1, 0.15) is 5.75 Å². The van der Waals surface area contributed by atoms with Gasteiger partial charge in [0.05, 0.1) is 11.4 Å². The molecule has 0 saturated carbocycles. The number of nitrogens with zero attached hydrogens (tertiary/aromatic N) is 3. The molecule has 0 spiro atoms. The summed E-state index contributed by atoms with van der Waals surface area (Å²) in [4.78, 5) is 12.3. The summed E-state index contributed by atoms with van der Waals surface area (Å²) in [7, 11) is 0. The number of carbonyl (C=O) groups excluding carboxylic acids is 1. The Kier molecular flexibility index (Phi) is 4.42. The van der Waals surface area contributed by atoms with Crippen LogP contribution in [0.5, 0.6) is 5.75 Å². The van der Waals surface area contributed by atoms with E-state index < -0.39 is 5.97 Å². The maximum absolute atomic E-state index is 12.3. The quantitative estimate of drug-likeness (QED) is 0.369. The highest BCUT2D eigenvalue weighted by Gasteiger charge is 2.20. The molecule has 1 aromatic heterocycles. The molecule has 0 atom stereocenters. The highest BCUT2D eigenvalue weighted by Crippen LogP contribution is 2.19. The number of hydrogen-bond donors (Lipinski definition) is 0. The predicted octanol–water partition coefficient (Wildman–Crippen LogP) is 3.71. The molecule has 116 valence electrons. The number of aromatic nitrogens is 3. The lowest BCUT2D eigenvalue weighted by atomic mass is 10.2. The van der Waals surface area contributed by atoms with Gasteiger partial charge in [0.2, 0.25) is 0 Å². The van der Waals surface area contributed by atoms with Gasteiger partial charge in [-0.15, -0.1) is 5.10 Å². The lowest BCUT2D eigenvalue weighted by molar-refractivity contribution is 0.0726. The minimum absolute atomic E-state index is 0.215. The van der Waals surface area contributed by atoms with E-state index >= 15 is 0 Å². The fourth-order valence-corrected chi connectivity index (χ4v) is 2.52. The Labute approximate surface area is 147 Å². The maximum atomic E-state index is 12.3. The monoisotopic (exact) mass is 419 g/mol. The number of esters is 1. The SMILES string of the molecule is Cc1ccccc1OC(=O)c1nnn(-c2ccc(I)cc2)c1C. The van der Waals surface area contributed by atoms with Crippen LogP contribution in [0.1, 0.15) is 21.7 Å². The van der Waals surface area contributed by atoms with Crippen molar-refractivity contribution in [1.29, 1.82) is 0 Å². The van der Waals surface area contributed by atoms with E-state index in [0.717, 1.165) is 14.8 Å². The molecule has 0 aliphatic rings. The normalized spacial score (nSPS) is 10.6. The zero-order valence-corrected chi connectivity index (χ0v) is 14.8. The van der Waals surface area contributed by atoms with Crippen molar-refractivity contribution in [2.45, 2.75) is 13.8 Å². The third-order valence-electron chi connectivity index (χ3n) is 3.46. The van der Waals surface area contributed by atoms with Gasteiger partial charge in [-0.25, -0.2) is 9.48 Å². The molecule has 0 radical (unpaired) electrons. The summed E-state index contributed by atoms with van der Waals surface area (Å²) in [5.41, 5.74) is 2.60. The largest absolute Gasteiger partial charge is 0.421 e. The van der Waals surface area contributed by atoms with Crippen molar-refractivity contribution in [1.82, 2.24) is 15.0 Å². The van der Waals surface area contributed by atoms with Crippen molar-refractivity contribution in [3.63, 3.8) is 0 Å². The van der Waals surface area contributed by atoms with Gasteiger partial charge >= 0.3 is 5.97 Å². The molecule has 1 heterocycles. The molecule has 6 heteroatoms. The Hall–Kier alpha value is -2.22. The Balaban J connectivity index is 1.88. The van der Waals surface area contributed by atoms with Gasteiger partial charge in [-0.3, -0.25) is 0 Å². The molecular weight excluding hydrogens is 405 g/mol. The van der Waals surface area contributed by atoms with Crippen LogP contribution < -0.4 is 4.74 Å². The Morgan fingerprint density at radius 2 is 1.78 bits per heavy atom. The van der Waals surface area contributed by atoms with Crippen molar-refractivity contribution in [2.75, 3.05) is 0 Å². The second-order valence-electron chi connectivity index (χ2n) is 5.07. The van der Waals surface area contributed by atoms with Crippen molar-refractivity contribution in [2.24, 2.45) is 0 Å². The Morgan fingerprint density at radius 1 is 1.09 bits per heavy atom. The van der Waals surface area contributed by atoms with Crippen LogP contribution >= 0.6 is 22.6 Å². The number of benzene rings is 2. The zero-order chi connectivity index (χ0) is 16.4. The van der Waals surface area contributed by atoms with Crippen LogP contribution in [0.4, 0.5) is 0 Å². The molecule has 0 saturated heterocycles. The average Bonchev–Trinajstić information content (AvgIpc) is 2.92. The number of ether oxygens (including phenoxy) is 1. The number of aryl methyl sites for hydroxylation is 1. The predicted molar refractivity (Wildman–Crippen MR) is 95.0 cm³/mol. The third-order valence-corrected chi connectivity index (χ3v) is 4.17. The fourth-order valence-electron chi connectivity index (χ4n) is 2.16. The molecule has 0 aliphatic heterocycles. The van der Waals surface area contributed by atoms with E-state index in [0.29, 0.717) is 11.4 Å². The summed E-state index contributed by atoms with van der Waals surface area (Å²) < 4.78 is 8.18. The van der Waals surface area contributed by atoms with Crippen molar-refractivity contribution in [3.8, 4) is 11.4 Å². The van der Waals surface area contributed by atoms with Gasteiger partial charge in [-0.05, 0) is 72.3 Å². The summed E-state index contributed by atoms with van der Waals surface area (Å²) in [6.07, 6.45) is 0. The third kappa shape index (κ3) is 3.26. The van der Waals surface area contributed by atoms with Gasteiger partial charge in [-0.1, -0.05) is 23.4 Å². The van der Waals surface area contributed by atoms with Gasteiger partial charge in [-0.2, -0.15) is 0 Å². The van der Waals surface area contributed by atoms with Crippen LogP contribution in [0.25, 0.3) is 5.69 Å². The molecule has 0 aliphatic carbocycles. The van der Waals surface area contributed by atoms with Crippen LogP contribution in [0.2, 0.25) is 0 Å². The molecule has 2 aromatic carbocycles. The first-order chi connectivity index (χ1) is 11.1.